The van der Waals surface area contributed by atoms with Crippen LogP contribution in [-0.2, 0) is 4.74 Å². The molecule has 3 aromatic rings. The van der Waals surface area contributed by atoms with Crippen LogP contribution in [0.15, 0.2) is 40.9 Å². The molecule has 2 aromatic carbocycles. The lowest BCUT2D eigenvalue weighted by Gasteiger charge is -1.99. The van der Waals surface area contributed by atoms with Gasteiger partial charge >= 0.3 is 0 Å². The molecular formula is C20H23BrFNO2. The molecule has 0 amide bonds. The van der Waals surface area contributed by atoms with Gasteiger partial charge < -0.3 is 9.72 Å². The van der Waals surface area contributed by atoms with Gasteiger partial charge in [-0.1, -0.05) is 29.8 Å². The Morgan fingerprint density at radius 2 is 1.68 bits per heavy atom. The SMILES string of the molecule is CC.COC.Cc1cc(Br)cc2c(C=O)c(-c3ccc(F)cc3)[nH]c12. The van der Waals surface area contributed by atoms with Crippen molar-refractivity contribution in [2.24, 2.45) is 0 Å². The predicted molar refractivity (Wildman–Crippen MR) is 106 cm³/mol. The third-order valence-electron chi connectivity index (χ3n) is 3.36. The van der Waals surface area contributed by atoms with Crippen molar-refractivity contribution >= 4 is 33.1 Å². The number of fused-ring (bicyclic) bond motifs is 1. The van der Waals surface area contributed by atoms with Crippen LogP contribution in [0.25, 0.3) is 22.2 Å². The van der Waals surface area contributed by atoms with Crippen LogP contribution in [0.4, 0.5) is 4.39 Å². The molecule has 134 valence electrons. The monoisotopic (exact) mass is 407 g/mol. The van der Waals surface area contributed by atoms with Crippen molar-refractivity contribution in [3.63, 3.8) is 0 Å². The van der Waals surface area contributed by atoms with Gasteiger partial charge in [0, 0.05) is 35.2 Å². The highest BCUT2D eigenvalue weighted by atomic mass is 79.9. The number of H-pyrrole nitrogens is 1. The number of benzene rings is 2. The summed E-state index contributed by atoms with van der Waals surface area (Å²) in [5, 5.41) is 0.867. The Kier molecular flexibility index (Phi) is 8.52. The van der Waals surface area contributed by atoms with Gasteiger partial charge in [-0.05, 0) is 54.4 Å². The minimum Gasteiger partial charge on any atom is -0.388 e. The predicted octanol–water partition coefficient (Wildman–Crippen LogP) is 6.15. The molecule has 25 heavy (non-hydrogen) atoms. The van der Waals surface area contributed by atoms with Crippen molar-refractivity contribution in [1.29, 1.82) is 0 Å². The van der Waals surface area contributed by atoms with Crippen LogP contribution in [0.1, 0.15) is 29.8 Å². The summed E-state index contributed by atoms with van der Waals surface area (Å²) in [6.07, 6.45) is 0.837. The Hall–Kier alpha value is -1.98. The van der Waals surface area contributed by atoms with Crippen LogP contribution >= 0.6 is 15.9 Å². The number of aldehydes is 1. The van der Waals surface area contributed by atoms with Crippen molar-refractivity contribution in [3.8, 4) is 11.3 Å². The van der Waals surface area contributed by atoms with Crippen molar-refractivity contribution in [2.45, 2.75) is 20.8 Å². The molecule has 0 aliphatic carbocycles. The van der Waals surface area contributed by atoms with Gasteiger partial charge in [0.15, 0.2) is 6.29 Å². The molecule has 1 aromatic heterocycles. The Bertz CT molecular complexity index is 826. The lowest BCUT2D eigenvalue weighted by molar-refractivity contribution is 0.112. The van der Waals surface area contributed by atoms with Crippen molar-refractivity contribution in [1.82, 2.24) is 4.98 Å². The molecule has 0 fully saturated rings. The van der Waals surface area contributed by atoms with Gasteiger partial charge in [-0.25, -0.2) is 4.39 Å². The van der Waals surface area contributed by atoms with E-state index in [0.717, 1.165) is 38.5 Å². The smallest absolute Gasteiger partial charge is 0.152 e. The van der Waals surface area contributed by atoms with Gasteiger partial charge in [0.2, 0.25) is 0 Å². The molecule has 3 nitrogen and oxygen atoms in total. The number of carbonyl (C=O) groups is 1. The summed E-state index contributed by atoms with van der Waals surface area (Å²) in [7, 11) is 3.25. The number of ether oxygens (including phenoxy) is 1. The van der Waals surface area contributed by atoms with Crippen LogP contribution in [0.3, 0.4) is 0 Å². The van der Waals surface area contributed by atoms with E-state index in [0.29, 0.717) is 5.56 Å². The van der Waals surface area contributed by atoms with Crippen molar-refractivity contribution in [3.05, 3.63) is 57.8 Å². The number of halogens is 2. The van der Waals surface area contributed by atoms with E-state index in [2.05, 4.69) is 25.7 Å². The highest BCUT2D eigenvalue weighted by molar-refractivity contribution is 9.10. The van der Waals surface area contributed by atoms with E-state index in [1.165, 1.54) is 12.1 Å². The van der Waals surface area contributed by atoms with Crippen LogP contribution < -0.4 is 0 Å². The third-order valence-corrected chi connectivity index (χ3v) is 3.82. The third kappa shape index (κ3) is 5.00. The zero-order valence-electron chi connectivity index (χ0n) is 15.1. The number of carbonyl (C=O) groups excluding carboxylic acids is 1. The molecule has 0 bridgehead atoms. The summed E-state index contributed by atoms with van der Waals surface area (Å²) in [4.78, 5) is 14.7. The second-order valence-electron chi connectivity index (χ2n) is 5.09. The zero-order chi connectivity index (χ0) is 19.0. The van der Waals surface area contributed by atoms with E-state index in [4.69, 9.17) is 0 Å². The van der Waals surface area contributed by atoms with E-state index in [9.17, 15) is 9.18 Å². The molecule has 0 radical (unpaired) electrons. The van der Waals surface area contributed by atoms with E-state index in [1.807, 2.05) is 32.9 Å². The first-order valence-electron chi connectivity index (χ1n) is 7.94. The van der Waals surface area contributed by atoms with Gasteiger partial charge in [0.25, 0.3) is 0 Å². The highest BCUT2D eigenvalue weighted by Gasteiger charge is 2.14. The number of aromatic amines is 1. The number of rotatable bonds is 2. The second-order valence-corrected chi connectivity index (χ2v) is 6.01. The Labute approximate surface area is 156 Å². The molecule has 0 saturated carbocycles. The van der Waals surface area contributed by atoms with Gasteiger partial charge in [-0.2, -0.15) is 0 Å². The molecule has 0 atom stereocenters. The van der Waals surface area contributed by atoms with E-state index in [-0.39, 0.29) is 5.82 Å². The average Bonchev–Trinajstić information content (AvgIpc) is 2.97. The summed E-state index contributed by atoms with van der Waals surface area (Å²) >= 11 is 3.44. The number of aryl methyl sites for hydroxylation is 1. The van der Waals surface area contributed by atoms with Crippen molar-refractivity contribution in [2.75, 3.05) is 14.2 Å². The Morgan fingerprint density at radius 3 is 2.20 bits per heavy atom. The fraction of sp³-hybridized carbons (Fsp3) is 0.250. The molecule has 1 heterocycles. The average molecular weight is 408 g/mol. The minimum atomic E-state index is -0.295. The number of nitrogens with one attached hydrogen (secondary N) is 1. The van der Waals surface area contributed by atoms with E-state index < -0.39 is 0 Å². The fourth-order valence-electron chi connectivity index (χ4n) is 2.42. The topological polar surface area (TPSA) is 42.1 Å². The normalized spacial score (nSPS) is 9.72. The standard InChI is InChI=1S/C16H11BrFNO.C2H6O.C2H6/c1-9-6-11(17)7-13-14(8-20)16(19-15(9)13)10-2-4-12(18)5-3-10;1-3-2;1-2/h2-8,19H,1H3;1-2H3;1-2H3. The van der Waals surface area contributed by atoms with Crippen LogP contribution in [0, 0.1) is 12.7 Å². The summed E-state index contributed by atoms with van der Waals surface area (Å²) in [6.45, 7) is 5.98. The summed E-state index contributed by atoms with van der Waals surface area (Å²) in [6, 6.07) is 10.0. The van der Waals surface area contributed by atoms with E-state index in [1.54, 1.807) is 26.4 Å². The Balaban J connectivity index is 0.000000567. The first-order chi connectivity index (χ1) is 12.0. The maximum Gasteiger partial charge on any atom is 0.152 e. The van der Waals surface area contributed by atoms with E-state index >= 15 is 0 Å². The van der Waals surface area contributed by atoms with Crippen LogP contribution in [0.2, 0.25) is 0 Å². The van der Waals surface area contributed by atoms with Crippen LogP contribution in [0.5, 0.6) is 0 Å². The van der Waals surface area contributed by atoms with Gasteiger partial charge in [-0.3, -0.25) is 4.79 Å². The van der Waals surface area contributed by atoms with Crippen molar-refractivity contribution < 1.29 is 13.9 Å². The molecule has 3 rings (SSSR count). The molecule has 0 spiro atoms. The first-order valence-corrected chi connectivity index (χ1v) is 8.74. The zero-order valence-corrected chi connectivity index (χ0v) is 16.7. The number of aromatic nitrogens is 1. The maximum atomic E-state index is 13.0. The lowest BCUT2D eigenvalue weighted by Crippen LogP contribution is -1.85. The molecule has 0 aliphatic heterocycles. The number of hydrogen-bond acceptors (Lipinski definition) is 2. The number of methoxy groups -OCH3 is 1. The quantitative estimate of drug-likeness (QED) is 0.517. The molecule has 1 N–H and O–H groups in total. The highest BCUT2D eigenvalue weighted by Crippen LogP contribution is 2.32. The Morgan fingerprint density at radius 1 is 1.12 bits per heavy atom. The molecular weight excluding hydrogens is 385 g/mol. The second kappa shape index (κ2) is 10.1. The molecule has 5 heteroatoms. The summed E-state index contributed by atoms with van der Waals surface area (Å²) in [5.41, 5.74) is 4.08. The van der Waals surface area contributed by atoms with Gasteiger partial charge in [0.1, 0.15) is 5.82 Å². The molecule has 0 aliphatic rings. The minimum absolute atomic E-state index is 0.295. The molecule has 0 unspecified atom stereocenters. The number of hydrogen-bond donors (Lipinski definition) is 1. The van der Waals surface area contributed by atoms with Gasteiger partial charge in [0.05, 0.1) is 5.69 Å². The lowest BCUT2D eigenvalue weighted by atomic mass is 10.1. The van der Waals surface area contributed by atoms with Crippen LogP contribution in [-0.4, -0.2) is 25.5 Å². The maximum absolute atomic E-state index is 13.0. The first kappa shape index (κ1) is 21.1. The fourth-order valence-corrected chi connectivity index (χ4v) is 2.99. The molecule has 0 saturated heterocycles. The largest absolute Gasteiger partial charge is 0.388 e. The van der Waals surface area contributed by atoms with Gasteiger partial charge in [-0.15, -0.1) is 0 Å². The summed E-state index contributed by atoms with van der Waals surface area (Å²) < 4.78 is 18.2. The summed E-state index contributed by atoms with van der Waals surface area (Å²) in [5.74, 6) is -0.295.